The van der Waals surface area contributed by atoms with Crippen LogP contribution in [0.1, 0.15) is 47.2 Å². The van der Waals surface area contributed by atoms with Gasteiger partial charge in [0.1, 0.15) is 6.04 Å². The van der Waals surface area contributed by atoms with Crippen LogP contribution in [0.2, 0.25) is 0 Å². The summed E-state index contributed by atoms with van der Waals surface area (Å²) in [6, 6.07) is 5.45. The van der Waals surface area contributed by atoms with Crippen molar-refractivity contribution in [2.24, 2.45) is 0 Å². The van der Waals surface area contributed by atoms with Crippen LogP contribution in [0.5, 0.6) is 0 Å². The van der Waals surface area contributed by atoms with E-state index < -0.39 is 6.04 Å². The molecule has 3 fully saturated rings. The molecule has 1 atom stereocenters. The van der Waals surface area contributed by atoms with Gasteiger partial charge in [0.2, 0.25) is 11.8 Å². The molecule has 3 saturated heterocycles. The third-order valence-corrected chi connectivity index (χ3v) is 7.11. The van der Waals surface area contributed by atoms with Gasteiger partial charge in [-0.15, -0.1) is 0 Å². The Hall–Kier alpha value is -2.29. The molecule has 8 heteroatoms. The van der Waals surface area contributed by atoms with Crippen molar-refractivity contribution >= 4 is 17.7 Å². The maximum Gasteiger partial charge on any atom is 0.255 e. The van der Waals surface area contributed by atoms with E-state index in [1.165, 1.54) is 0 Å². The Morgan fingerprint density at radius 2 is 2.00 bits per heavy atom. The van der Waals surface area contributed by atoms with Crippen LogP contribution in [0, 0.1) is 0 Å². The summed E-state index contributed by atoms with van der Waals surface area (Å²) in [6.45, 7) is 5.51. The van der Waals surface area contributed by atoms with Gasteiger partial charge in [-0.3, -0.25) is 24.6 Å². The molecular formula is C22H28N4O4. The number of fused-ring (bicyclic) bond motifs is 1. The third-order valence-electron chi connectivity index (χ3n) is 7.11. The van der Waals surface area contributed by atoms with Crippen LogP contribution in [-0.2, 0) is 27.4 Å². The SMILES string of the molecule is O=C1CCC(N2Cc3cccc(CN4CCNCC45CCOCC5)c3C2=O)C(=O)N1. The van der Waals surface area contributed by atoms with E-state index in [0.717, 1.165) is 68.9 Å². The number of nitrogens with zero attached hydrogens (tertiary/aromatic N) is 2. The lowest BCUT2D eigenvalue weighted by Gasteiger charge is -2.49. The van der Waals surface area contributed by atoms with Crippen molar-refractivity contribution in [3.63, 3.8) is 0 Å². The van der Waals surface area contributed by atoms with Crippen molar-refractivity contribution < 1.29 is 19.1 Å². The predicted molar refractivity (Wildman–Crippen MR) is 109 cm³/mol. The normalized spacial score (nSPS) is 26.7. The van der Waals surface area contributed by atoms with Gasteiger partial charge in [-0.2, -0.15) is 0 Å². The summed E-state index contributed by atoms with van der Waals surface area (Å²) in [6.07, 6.45) is 2.64. The van der Waals surface area contributed by atoms with E-state index in [2.05, 4.69) is 15.5 Å². The quantitative estimate of drug-likeness (QED) is 0.699. The second kappa shape index (κ2) is 7.76. The summed E-state index contributed by atoms with van der Waals surface area (Å²) in [4.78, 5) is 41.4. The number of carbonyl (C=O) groups excluding carboxylic acids is 3. The van der Waals surface area contributed by atoms with E-state index >= 15 is 0 Å². The van der Waals surface area contributed by atoms with Crippen LogP contribution in [0.25, 0.3) is 0 Å². The Bertz CT molecular complexity index is 872. The van der Waals surface area contributed by atoms with Gasteiger partial charge in [-0.05, 0) is 30.4 Å². The number of hydrogen-bond donors (Lipinski definition) is 2. The zero-order valence-corrected chi connectivity index (χ0v) is 17.1. The molecule has 4 aliphatic rings. The smallest absolute Gasteiger partial charge is 0.255 e. The van der Waals surface area contributed by atoms with Crippen molar-refractivity contribution in [2.75, 3.05) is 32.8 Å². The lowest BCUT2D eigenvalue weighted by molar-refractivity contribution is -0.136. The van der Waals surface area contributed by atoms with Gasteiger partial charge in [-0.25, -0.2) is 0 Å². The highest BCUT2D eigenvalue weighted by molar-refractivity contribution is 6.06. The number of amides is 3. The van der Waals surface area contributed by atoms with Gasteiger partial charge in [-0.1, -0.05) is 18.2 Å². The van der Waals surface area contributed by atoms with Gasteiger partial charge < -0.3 is 15.0 Å². The molecule has 3 amide bonds. The Morgan fingerprint density at radius 3 is 2.80 bits per heavy atom. The van der Waals surface area contributed by atoms with Gasteiger partial charge in [0.05, 0.1) is 0 Å². The molecule has 160 valence electrons. The average Bonchev–Trinajstić information content (AvgIpc) is 3.08. The second-order valence-electron chi connectivity index (χ2n) is 8.79. The number of nitrogens with one attached hydrogen (secondary N) is 2. The Balaban J connectivity index is 1.40. The van der Waals surface area contributed by atoms with E-state index in [9.17, 15) is 14.4 Å². The molecule has 30 heavy (non-hydrogen) atoms. The lowest BCUT2D eigenvalue weighted by Crippen LogP contribution is -2.62. The summed E-state index contributed by atoms with van der Waals surface area (Å²) in [5, 5.41) is 5.91. The van der Waals surface area contributed by atoms with Crippen LogP contribution in [-0.4, -0.2) is 72.0 Å². The molecule has 1 spiro atoms. The zero-order chi connectivity index (χ0) is 20.7. The summed E-state index contributed by atoms with van der Waals surface area (Å²) >= 11 is 0. The number of piperidine rings is 1. The largest absolute Gasteiger partial charge is 0.381 e. The van der Waals surface area contributed by atoms with E-state index in [4.69, 9.17) is 4.74 Å². The van der Waals surface area contributed by atoms with E-state index in [-0.39, 0.29) is 29.7 Å². The number of ether oxygens (including phenoxy) is 1. The first-order chi connectivity index (χ1) is 14.6. The minimum atomic E-state index is -0.573. The highest BCUT2D eigenvalue weighted by Crippen LogP contribution is 2.34. The second-order valence-corrected chi connectivity index (χ2v) is 8.79. The van der Waals surface area contributed by atoms with Crippen LogP contribution in [0.15, 0.2) is 18.2 Å². The highest BCUT2D eigenvalue weighted by Gasteiger charge is 2.43. The van der Waals surface area contributed by atoms with Gasteiger partial charge in [0.15, 0.2) is 0 Å². The van der Waals surface area contributed by atoms with Crippen LogP contribution < -0.4 is 10.6 Å². The molecule has 5 rings (SSSR count). The first-order valence-corrected chi connectivity index (χ1v) is 10.9. The monoisotopic (exact) mass is 412 g/mol. The lowest BCUT2D eigenvalue weighted by atomic mass is 9.85. The van der Waals surface area contributed by atoms with Crippen LogP contribution >= 0.6 is 0 Å². The standard InChI is InChI=1S/C22H28N4O4/c27-18-5-4-17(20(28)24-18)26-13-16-3-1-2-15(19(16)21(26)29)12-25-9-8-23-14-22(25)6-10-30-11-7-22/h1-3,17,23H,4-14H2,(H,24,27,28). The number of rotatable bonds is 3. The van der Waals surface area contributed by atoms with Crippen molar-refractivity contribution in [1.82, 2.24) is 20.4 Å². The van der Waals surface area contributed by atoms with E-state index in [1.807, 2.05) is 18.2 Å². The van der Waals surface area contributed by atoms with Crippen molar-refractivity contribution in [1.29, 1.82) is 0 Å². The van der Waals surface area contributed by atoms with Crippen LogP contribution in [0.3, 0.4) is 0 Å². The molecule has 4 aliphatic heterocycles. The van der Waals surface area contributed by atoms with Gasteiger partial charge in [0.25, 0.3) is 5.91 Å². The molecule has 8 nitrogen and oxygen atoms in total. The highest BCUT2D eigenvalue weighted by atomic mass is 16.5. The molecule has 0 radical (unpaired) electrons. The molecule has 1 unspecified atom stereocenters. The third kappa shape index (κ3) is 3.33. The topological polar surface area (TPSA) is 91.0 Å². The Labute approximate surface area is 175 Å². The van der Waals surface area contributed by atoms with Crippen molar-refractivity contribution in [3.8, 4) is 0 Å². The summed E-state index contributed by atoms with van der Waals surface area (Å²) in [7, 11) is 0. The minimum Gasteiger partial charge on any atom is -0.381 e. The molecule has 0 aromatic heterocycles. The van der Waals surface area contributed by atoms with Gasteiger partial charge in [0, 0.05) is 63.5 Å². The predicted octanol–water partition coefficient (Wildman–Crippen LogP) is 0.402. The summed E-state index contributed by atoms with van der Waals surface area (Å²) in [5.41, 5.74) is 2.81. The molecule has 2 N–H and O–H groups in total. The van der Waals surface area contributed by atoms with Crippen molar-refractivity contribution in [2.45, 2.75) is 50.4 Å². The van der Waals surface area contributed by atoms with Gasteiger partial charge >= 0.3 is 0 Å². The average molecular weight is 412 g/mol. The Morgan fingerprint density at radius 1 is 1.17 bits per heavy atom. The fourth-order valence-corrected chi connectivity index (χ4v) is 5.40. The minimum absolute atomic E-state index is 0.0736. The van der Waals surface area contributed by atoms with E-state index in [0.29, 0.717) is 13.0 Å². The molecule has 0 bridgehead atoms. The van der Waals surface area contributed by atoms with Crippen LogP contribution in [0.4, 0.5) is 0 Å². The number of hydrogen-bond acceptors (Lipinski definition) is 6. The number of piperazine rings is 1. The molecule has 1 aromatic rings. The van der Waals surface area contributed by atoms with Crippen molar-refractivity contribution in [3.05, 3.63) is 34.9 Å². The number of carbonyl (C=O) groups is 3. The van der Waals surface area contributed by atoms with E-state index in [1.54, 1.807) is 4.90 Å². The number of benzene rings is 1. The summed E-state index contributed by atoms with van der Waals surface area (Å²) < 4.78 is 5.61. The maximum atomic E-state index is 13.4. The molecule has 4 heterocycles. The first-order valence-electron chi connectivity index (χ1n) is 10.9. The molecule has 0 saturated carbocycles. The fraction of sp³-hybridized carbons (Fsp3) is 0.591. The Kier molecular flexibility index (Phi) is 5.08. The maximum absolute atomic E-state index is 13.4. The molecule has 0 aliphatic carbocycles. The molecular weight excluding hydrogens is 384 g/mol. The zero-order valence-electron chi connectivity index (χ0n) is 17.1. The fourth-order valence-electron chi connectivity index (χ4n) is 5.40. The first kappa shape index (κ1) is 19.7. The molecule has 1 aromatic carbocycles. The summed E-state index contributed by atoms with van der Waals surface area (Å²) in [5.74, 6) is -0.718. The number of imide groups is 1.